The number of nitrogens with one attached hydrogen (secondary N) is 1. The fourth-order valence-electron chi connectivity index (χ4n) is 2.07. The van der Waals surface area contributed by atoms with E-state index in [4.69, 9.17) is 10.8 Å². The Morgan fingerprint density at radius 2 is 1.89 bits per heavy atom. The van der Waals surface area contributed by atoms with Crippen LogP contribution in [0.25, 0.3) is 0 Å². The van der Waals surface area contributed by atoms with Crippen molar-refractivity contribution in [3.8, 4) is 0 Å². The van der Waals surface area contributed by atoms with E-state index in [0.717, 1.165) is 19.3 Å². The lowest BCUT2D eigenvalue weighted by atomic mass is 9.94. The van der Waals surface area contributed by atoms with Gasteiger partial charge in [0.2, 0.25) is 5.91 Å². The molecule has 0 fully saturated rings. The predicted octanol–water partition coefficient (Wildman–Crippen LogP) is 1.76. The molecular formula is C14H28N2O3. The van der Waals surface area contributed by atoms with Crippen LogP contribution < -0.4 is 11.1 Å². The molecule has 1 unspecified atom stereocenters. The molecule has 0 radical (unpaired) electrons. The molecule has 0 aliphatic rings. The van der Waals surface area contributed by atoms with Crippen LogP contribution in [0.2, 0.25) is 0 Å². The van der Waals surface area contributed by atoms with Gasteiger partial charge in [-0.1, -0.05) is 20.3 Å². The molecule has 4 N–H and O–H groups in total. The van der Waals surface area contributed by atoms with Crippen molar-refractivity contribution < 1.29 is 14.7 Å². The molecule has 1 atom stereocenters. The van der Waals surface area contributed by atoms with Crippen molar-refractivity contribution >= 4 is 11.9 Å². The Bertz CT molecular complexity index is 267. The van der Waals surface area contributed by atoms with Gasteiger partial charge in [0, 0.05) is 19.4 Å². The molecule has 0 heterocycles. The predicted molar refractivity (Wildman–Crippen MR) is 75.7 cm³/mol. The number of hydrogen-bond donors (Lipinski definition) is 3. The summed E-state index contributed by atoms with van der Waals surface area (Å²) in [5.74, 6) is 0.0993. The van der Waals surface area contributed by atoms with Gasteiger partial charge in [0.15, 0.2) is 0 Å². The number of carbonyl (C=O) groups excluding carboxylic acids is 1. The maximum atomic E-state index is 11.7. The molecule has 0 aliphatic carbocycles. The molecule has 0 aromatic rings. The molecule has 1 amide bonds. The van der Waals surface area contributed by atoms with Crippen molar-refractivity contribution in [3.63, 3.8) is 0 Å². The van der Waals surface area contributed by atoms with Crippen molar-refractivity contribution in [3.05, 3.63) is 0 Å². The SMILES string of the molecule is CC(C)CC(CN)CC(=O)NCCCCCC(=O)O. The maximum absolute atomic E-state index is 11.7. The van der Waals surface area contributed by atoms with E-state index >= 15 is 0 Å². The second-order valence-corrected chi connectivity index (χ2v) is 5.49. The van der Waals surface area contributed by atoms with Crippen LogP contribution in [0.1, 0.15) is 52.4 Å². The van der Waals surface area contributed by atoms with Crippen LogP contribution in [0.5, 0.6) is 0 Å². The van der Waals surface area contributed by atoms with Crippen LogP contribution in [-0.4, -0.2) is 30.1 Å². The van der Waals surface area contributed by atoms with E-state index in [1.165, 1.54) is 0 Å². The number of carboxylic acids is 1. The molecule has 5 nitrogen and oxygen atoms in total. The summed E-state index contributed by atoms with van der Waals surface area (Å²) in [6.45, 7) is 5.42. The van der Waals surface area contributed by atoms with Crippen LogP contribution in [0.15, 0.2) is 0 Å². The van der Waals surface area contributed by atoms with Crippen LogP contribution in [0.4, 0.5) is 0 Å². The van der Waals surface area contributed by atoms with Gasteiger partial charge in [-0.25, -0.2) is 0 Å². The Morgan fingerprint density at radius 1 is 1.21 bits per heavy atom. The topological polar surface area (TPSA) is 92.4 Å². The summed E-state index contributed by atoms with van der Waals surface area (Å²) in [6, 6.07) is 0. The second kappa shape index (κ2) is 10.8. The Hall–Kier alpha value is -1.10. The van der Waals surface area contributed by atoms with Crippen molar-refractivity contribution in [2.75, 3.05) is 13.1 Å². The summed E-state index contributed by atoms with van der Waals surface area (Å²) >= 11 is 0. The first-order chi connectivity index (χ1) is 8.95. The van der Waals surface area contributed by atoms with E-state index < -0.39 is 5.97 Å². The summed E-state index contributed by atoms with van der Waals surface area (Å²) in [5, 5.41) is 11.3. The van der Waals surface area contributed by atoms with Gasteiger partial charge < -0.3 is 16.2 Å². The van der Waals surface area contributed by atoms with Crippen molar-refractivity contribution in [1.82, 2.24) is 5.32 Å². The first-order valence-corrected chi connectivity index (χ1v) is 7.14. The standard InChI is InChI=1S/C14H28N2O3/c1-11(2)8-12(10-15)9-13(17)16-7-5-3-4-6-14(18)19/h11-12H,3-10,15H2,1-2H3,(H,16,17)(H,18,19). The highest BCUT2D eigenvalue weighted by Crippen LogP contribution is 2.13. The van der Waals surface area contributed by atoms with Crippen LogP contribution in [0, 0.1) is 11.8 Å². The Morgan fingerprint density at radius 3 is 2.42 bits per heavy atom. The summed E-state index contributed by atoms with van der Waals surface area (Å²) in [4.78, 5) is 22.0. The number of carboxylic acid groups (broad SMARTS) is 1. The molecule has 112 valence electrons. The molecular weight excluding hydrogens is 244 g/mol. The van der Waals surface area contributed by atoms with E-state index in [1.807, 2.05) is 0 Å². The van der Waals surface area contributed by atoms with Gasteiger partial charge in [0.05, 0.1) is 0 Å². The number of nitrogens with two attached hydrogens (primary N) is 1. The van der Waals surface area contributed by atoms with Gasteiger partial charge in [-0.05, 0) is 37.6 Å². The van der Waals surface area contributed by atoms with E-state index in [9.17, 15) is 9.59 Å². The Labute approximate surface area is 115 Å². The fraction of sp³-hybridized carbons (Fsp3) is 0.857. The number of rotatable bonds is 11. The quantitative estimate of drug-likeness (QED) is 0.500. The van der Waals surface area contributed by atoms with Crippen LogP contribution in [-0.2, 0) is 9.59 Å². The molecule has 0 bridgehead atoms. The first kappa shape index (κ1) is 17.9. The molecule has 19 heavy (non-hydrogen) atoms. The number of unbranched alkanes of at least 4 members (excludes halogenated alkanes) is 2. The van der Waals surface area contributed by atoms with E-state index in [1.54, 1.807) is 0 Å². The monoisotopic (exact) mass is 272 g/mol. The van der Waals surface area contributed by atoms with Crippen molar-refractivity contribution in [2.45, 2.75) is 52.4 Å². The third kappa shape index (κ3) is 11.7. The minimum absolute atomic E-state index is 0.0503. The first-order valence-electron chi connectivity index (χ1n) is 7.14. The van der Waals surface area contributed by atoms with Gasteiger partial charge in [0.25, 0.3) is 0 Å². The molecule has 5 heteroatoms. The second-order valence-electron chi connectivity index (χ2n) is 5.49. The van der Waals surface area contributed by atoms with E-state index in [0.29, 0.717) is 31.8 Å². The summed E-state index contributed by atoms with van der Waals surface area (Å²) < 4.78 is 0. The van der Waals surface area contributed by atoms with Crippen molar-refractivity contribution in [2.24, 2.45) is 17.6 Å². The van der Waals surface area contributed by atoms with Gasteiger partial charge in [0.1, 0.15) is 0 Å². The molecule has 0 spiro atoms. The summed E-state index contributed by atoms with van der Waals surface area (Å²) in [5.41, 5.74) is 5.66. The van der Waals surface area contributed by atoms with Gasteiger partial charge in [-0.2, -0.15) is 0 Å². The summed E-state index contributed by atoms with van der Waals surface area (Å²) in [7, 11) is 0. The molecule has 0 aromatic carbocycles. The lowest BCUT2D eigenvalue weighted by molar-refractivity contribution is -0.137. The zero-order chi connectivity index (χ0) is 14.7. The summed E-state index contributed by atoms with van der Waals surface area (Å²) in [6.07, 6.45) is 4.00. The average Bonchev–Trinajstić information content (AvgIpc) is 2.31. The largest absolute Gasteiger partial charge is 0.481 e. The number of amides is 1. The van der Waals surface area contributed by atoms with Gasteiger partial charge >= 0.3 is 5.97 Å². The number of carbonyl (C=O) groups is 2. The maximum Gasteiger partial charge on any atom is 0.303 e. The molecule has 0 saturated heterocycles. The zero-order valence-corrected chi connectivity index (χ0v) is 12.2. The number of aliphatic carboxylic acids is 1. The highest BCUT2D eigenvalue weighted by atomic mass is 16.4. The van der Waals surface area contributed by atoms with Gasteiger partial charge in [-0.3, -0.25) is 9.59 Å². The molecule has 0 saturated carbocycles. The minimum atomic E-state index is -0.761. The fourth-order valence-corrected chi connectivity index (χ4v) is 2.07. The minimum Gasteiger partial charge on any atom is -0.481 e. The highest BCUT2D eigenvalue weighted by Gasteiger charge is 2.13. The normalized spacial score (nSPS) is 12.4. The van der Waals surface area contributed by atoms with Crippen LogP contribution in [0.3, 0.4) is 0 Å². The van der Waals surface area contributed by atoms with Crippen molar-refractivity contribution in [1.29, 1.82) is 0 Å². The Kier molecular flexibility index (Phi) is 10.2. The van der Waals surface area contributed by atoms with E-state index in [2.05, 4.69) is 19.2 Å². The molecule has 0 aromatic heterocycles. The highest BCUT2D eigenvalue weighted by molar-refractivity contribution is 5.76. The Balaban J connectivity index is 3.60. The third-order valence-electron chi connectivity index (χ3n) is 3.00. The van der Waals surface area contributed by atoms with E-state index in [-0.39, 0.29) is 18.2 Å². The third-order valence-corrected chi connectivity index (χ3v) is 3.00. The van der Waals surface area contributed by atoms with Crippen LogP contribution >= 0.6 is 0 Å². The zero-order valence-electron chi connectivity index (χ0n) is 12.2. The smallest absolute Gasteiger partial charge is 0.303 e. The lowest BCUT2D eigenvalue weighted by Crippen LogP contribution is -2.29. The average molecular weight is 272 g/mol. The molecule has 0 aliphatic heterocycles. The van der Waals surface area contributed by atoms with Gasteiger partial charge in [-0.15, -0.1) is 0 Å². The number of hydrogen-bond acceptors (Lipinski definition) is 3. The molecule has 0 rings (SSSR count). The lowest BCUT2D eigenvalue weighted by Gasteiger charge is -2.16.